The van der Waals surface area contributed by atoms with Crippen LogP contribution in [0.25, 0.3) is 0 Å². The molecule has 0 aliphatic carbocycles. The first-order valence-electron chi connectivity index (χ1n) is 6.57. The van der Waals surface area contributed by atoms with Gasteiger partial charge in [-0.2, -0.15) is 0 Å². The number of nitrogens with zero attached hydrogens (tertiary/aromatic N) is 1. The van der Waals surface area contributed by atoms with Gasteiger partial charge in [-0.25, -0.2) is 4.98 Å². The van der Waals surface area contributed by atoms with E-state index in [1.165, 1.54) is 0 Å². The van der Waals surface area contributed by atoms with E-state index in [1.807, 2.05) is 36.6 Å². The lowest BCUT2D eigenvalue weighted by molar-refractivity contribution is 0.166. The fraction of sp³-hybridized carbons (Fsp3) is 0.400. The first-order valence-corrected chi connectivity index (χ1v) is 7.45. The fourth-order valence-corrected chi connectivity index (χ4v) is 2.57. The van der Waals surface area contributed by atoms with Gasteiger partial charge in [-0.3, -0.25) is 0 Å². The molecule has 0 aliphatic rings. The lowest BCUT2D eigenvalue weighted by Gasteiger charge is -2.14. The smallest absolute Gasteiger partial charge is 0.131 e. The summed E-state index contributed by atoms with van der Waals surface area (Å²) < 4.78 is 5.79. The highest BCUT2D eigenvalue weighted by atomic mass is 32.1. The van der Waals surface area contributed by atoms with Crippen LogP contribution in [0.15, 0.2) is 29.6 Å². The molecule has 2 aromatic rings. The molecule has 4 heteroatoms. The Morgan fingerprint density at radius 1 is 1.32 bits per heavy atom. The number of aliphatic hydroxyl groups excluding tert-OH is 1. The molecule has 1 aromatic heterocycles. The molecule has 1 N–H and O–H groups in total. The second-order valence-corrected chi connectivity index (χ2v) is 5.28. The third-order valence-electron chi connectivity index (χ3n) is 2.94. The quantitative estimate of drug-likeness (QED) is 0.875. The molecule has 0 saturated carbocycles. The summed E-state index contributed by atoms with van der Waals surface area (Å²) in [7, 11) is 0. The molecule has 19 heavy (non-hydrogen) atoms. The van der Waals surface area contributed by atoms with Gasteiger partial charge in [0.2, 0.25) is 0 Å². The topological polar surface area (TPSA) is 42.4 Å². The number of hydrogen-bond acceptors (Lipinski definition) is 4. The van der Waals surface area contributed by atoms with Crippen molar-refractivity contribution in [1.82, 2.24) is 4.98 Å². The molecule has 0 bridgehead atoms. The van der Waals surface area contributed by atoms with Crippen LogP contribution in [0.2, 0.25) is 0 Å². The Balaban J connectivity index is 2.06. The third-order valence-corrected chi connectivity index (χ3v) is 3.98. The van der Waals surface area contributed by atoms with Gasteiger partial charge in [0.1, 0.15) is 12.4 Å². The maximum Gasteiger partial charge on any atom is 0.131 e. The molecule has 0 fully saturated rings. The number of aromatic nitrogens is 1. The van der Waals surface area contributed by atoms with Crippen molar-refractivity contribution in [3.8, 4) is 5.75 Å². The highest BCUT2D eigenvalue weighted by Gasteiger charge is 2.11. The van der Waals surface area contributed by atoms with E-state index in [2.05, 4.69) is 11.9 Å². The van der Waals surface area contributed by atoms with E-state index < -0.39 is 6.10 Å². The van der Waals surface area contributed by atoms with Crippen LogP contribution in [-0.4, -0.2) is 10.1 Å². The van der Waals surface area contributed by atoms with Crippen LogP contribution in [0.1, 0.15) is 42.6 Å². The SMILES string of the molecule is CCc1nc(COc2ccccc2[C@@H](O)CC)cs1. The average molecular weight is 277 g/mol. The van der Waals surface area contributed by atoms with Crippen LogP contribution < -0.4 is 4.74 Å². The highest BCUT2D eigenvalue weighted by molar-refractivity contribution is 7.09. The number of ether oxygens (including phenoxy) is 1. The summed E-state index contributed by atoms with van der Waals surface area (Å²) in [4.78, 5) is 4.47. The van der Waals surface area contributed by atoms with Crippen LogP contribution in [0.5, 0.6) is 5.75 Å². The molecule has 0 unspecified atom stereocenters. The predicted octanol–water partition coefficient (Wildman–Crippen LogP) is 3.73. The Bertz CT molecular complexity index is 524. The van der Waals surface area contributed by atoms with Gasteiger partial charge in [0, 0.05) is 10.9 Å². The van der Waals surface area contributed by atoms with E-state index in [-0.39, 0.29) is 0 Å². The maximum absolute atomic E-state index is 9.96. The minimum absolute atomic E-state index is 0.448. The van der Waals surface area contributed by atoms with Crippen molar-refractivity contribution in [2.75, 3.05) is 0 Å². The van der Waals surface area contributed by atoms with Crippen LogP contribution >= 0.6 is 11.3 Å². The van der Waals surface area contributed by atoms with Crippen molar-refractivity contribution < 1.29 is 9.84 Å². The number of aliphatic hydroxyl groups is 1. The van der Waals surface area contributed by atoms with Crippen molar-refractivity contribution in [2.45, 2.75) is 39.4 Å². The van der Waals surface area contributed by atoms with Crippen LogP contribution in [0, 0.1) is 0 Å². The Kier molecular flexibility index (Phi) is 4.93. The van der Waals surface area contributed by atoms with Crippen molar-refractivity contribution in [3.05, 3.63) is 45.9 Å². The second kappa shape index (κ2) is 6.68. The minimum atomic E-state index is -0.474. The molecule has 2 rings (SSSR count). The number of rotatable bonds is 6. The van der Waals surface area contributed by atoms with Crippen molar-refractivity contribution in [3.63, 3.8) is 0 Å². The molecule has 102 valence electrons. The summed E-state index contributed by atoms with van der Waals surface area (Å²) >= 11 is 1.66. The third kappa shape index (κ3) is 3.55. The zero-order chi connectivity index (χ0) is 13.7. The number of benzene rings is 1. The van der Waals surface area contributed by atoms with E-state index >= 15 is 0 Å². The first-order chi connectivity index (χ1) is 9.24. The summed E-state index contributed by atoms with van der Waals surface area (Å²) in [6, 6.07) is 7.63. The predicted molar refractivity (Wildman–Crippen MR) is 77.5 cm³/mol. The molecular weight excluding hydrogens is 258 g/mol. The van der Waals surface area contributed by atoms with E-state index in [0.717, 1.165) is 28.4 Å². The van der Waals surface area contributed by atoms with Gasteiger partial charge in [0.05, 0.1) is 16.8 Å². The number of aryl methyl sites for hydroxylation is 1. The van der Waals surface area contributed by atoms with Gasteiger partial charge in [-0.1, -0.05) is 32.0 Å². The molecule has 0 spiro atoms. The molecule has 0 radical (unpaired) electrons. The van der Waals surface area contributed by atoms with Crippen LogP contribution in [0.3, 0.4) is 0 Å². The Labute approximate surface area is 117 Å². The normalized spacial score (nSPS) is 12.4. The largest absolute Gasteiger partial charge is 0.487 e. The van der Waals surface area contributed by atoms with E-state index in [1.54, 1.807) is 11.3 Å². The Hall–Kier alpha value is -1.39. The summed E-state index contributed by atoms with van der Waals surface area (Å²) in [5.41, 5.74) is 1.79. The van der Waals surface area contributed by atoms with Crippen LogP contribution in [0.4, 0.5) is 0 Å². The van der Waals surface area contributed by atoms with Crippen molar-refractivity contribution >= 4 is 11.3 Å². The monoisotopic (exact) mass is 277 g/mol. The summed E-state index contributed by atoms with van der Waals surface area (Å²) in [5, 5.41) is 13.1. The minimum Gasteiger partial charge on any atom is -0.487 e. The molecule has 0 aliphatic heterocycles. The van der Waals surface area contributed by atoms with Gasteiger partial charge in [0.25, 0.3) is 0 Å². The molecular formula is C15H19NO2S. The zero-order valence-corrected chi connectivity index (χ0v) is 12.1. The standard InChI is InChI=1S/C15H19NO2S/c1-3-13(17)12-7-5-6-8-14(12)18-9-11-10-19-15(4-2)16-11/h5-8,10,13,17H,3-4,9H2,1-2H3/t13-/m0/s1. The number of hydrogen-bond donors (Lipinski definition) is 1. The van der Waals surface area contributed by atoms with E-state index in [4.69, 9.17) is 4.74 Å². The fourth-order valence-electron chi connectivity index (χ4n) is 1.84. The number of thiazole rings is 1. The molecule has 0 saturated heterocycles. The second-order valence-electron chi connectivity index (χ2n) is 4.34. The summed E-state index contributed by atoms with van der Waals surface area (Å²) in [6.07, 6.45) is 1.16. The van der Waals surface area contributed by atoms with Gasteiger partial charge in [0.15, 0.2) is 0 Å². The van der Waals surface area contributed by atoms with Gasteiger partial charge in [-0.15, -0.1) is 11.3 Å². The number of para-hydroxylation sites is 1. The molecule has 1 atom stereocenters. The summed E-state index contributed by atoms with van der Waals surface area (Å²) in [5.74, 6) is 0.739. The Morgan fingerprint density at radius 3 is 2.79 bits per heavy atom. The van der Waals surface area contributed by atoms with Crippen molar-refractivity contribution in [1.29, 1.82) is 0 Å². The lowest BCUT2D eigenvalue weighted by atomic mass is 10.1. The van der Waals surface area contributed by atoms with E-state index in [0.29, 0.717) is 13.0 Å². The molecule has 3 nitrogen and oxygen atoms in total. The first kappa shape index (κ1) is 14.0. The van der Waals surface area contributed by atoms with Crippen molar-refractivity contribution in [2.24, 2.45) is 0 Å². The Morgan fingerprint density at radius 2 is 2.11 bits per heavy atom. The average Bonchev–Trinajstić information content (AvgIpc) is 2.92. The molecule has 0 amide bonds. The van der Waals surface area contributed by atoms with E-state index in [9.17, 15) is 5.11 Å². The highest BCUT2D eigenvalue weighted by Crippen LogP contribution is 2.27. The van der Waals surface area contributed by atoms with Gasteiger partial charge >= 0.3 is 0 Å². The van der Waals surface area contributed by atoms with Crippen LogP contribution in [-0.2, 0) is 13.0 Å². The van der Waals surface area contributed by atoms with Gasteiger partial charge < -0.3 is 9.84 Å². The summed E-state index contributed by atoms with van der Waals surface area (Å²) in [6.45, 7) is 4.50. The molecule has 1 heterocycles. The molecule has 1 aromatic carbocycles. The lowest BCUT2D eigenvalue weighted by Crippen LogP contribution is -2.02. The zero-order valence-electron chi connectivity index (χ0n) is 11.3. The maximum atomic E-state index is 9.96. The van der Waals surface area contributed by atoms with Gasteiger partial charge in [-0.05, 0) is 18.9 Å².